The SMILES string of the molecule is CCCNC(=O)c1ccccc1N1C(=O)c2ccccc2C1=O. The number of benzene rings is 2. The van der Waals surface area contributed by atoms with Crippen molar-refractivity contribution >= 4 is 23.4 Å². The lowest BCUT2D eigenvalue weighted by Crippen LogP contribution is -2.33. The summed E-state index contributed by atoms with van der Waals surface area (Å²) in [5.74, 6) is -1.10. The van der Waals surface area contributed by atoms with E-state index < -0.39 is 11.8 Å². The molecule has 0 spiro atoms. The Bertz CT molecular complexity index is 763. The lowest BCUT2D eigenvalue weighted by Gasteiger charge is -2.17. The van der Waals surface area contributed by atoms with E-state index in [9.17, 15) is 14.4 Å². The molecule has 0 fully saturated rings. The Morgan fingerprint density at radius 3 is 2.13 bits per heavy atom. The zero-order valence-corrected chi connectivity index (χ0v) is 12.7. The van der Waals surface area contributed by atoms with Crippen molar-refractivity contribution < 1.29 is 14.4 Å². The van der Waals surface area contributed by atoms with E-state index in [0.717, 1.165) is 11.3 Å². The van der Waals surface area contributed by atoms with Crippen molar-refractivity contribution in [2.24, 2.45) is 0 Å². The van der Waals surface area contributed by atoms with Gasteiger partial charge in [0.25, 0.3) is 17.7 Å². The molecule has 23 heavy (non-hydrogen) atoms. The van der Waals surface area contributed by atoms with Crippen molar-refractivity contribution in [2.75, 3.05) is 11.4 Å². The van der Waals surface area contributed by atoms with E-state index in [0.29, 0.717) is 28.9 Å². The number of fused-ring (bicyclic) bond motifs is 1. The molecule has 3 amide bonds. The molecule has 0 unspecified atom stereocenters. The van der Waals surface area contributed by atoms with Gasteiger partial charge >= 0.3 is 0 Å². The molecule has 0 atom stereocenters. The number of nitrogens with zero attached hydrogens (tertiary/aromatic N) is 1. The molecule has 1 heterocycles. The number of carbonyl (C=O) groups is 3. The highest BCUT2D eigenvalue weighted by Gasteiger charge is 2.37. The number of nitrogens with one attached hydrogen (secondary N) is 1. The molecule has 1 aliphatic heterocycles. The van der Waals surface area contributed by atoms with Gasteiger partial charge in [-0.05, 0) is 30.7 Å². The van der Waals surface area contributed by atoms with Gasteiger partial charge in [-0.3, -0.25) is 14.4 Å². The Labute approximate surface area is 133 Å². The van der Waals surface area contributed by atoms with Gasteiger partial charge in [0.2, 0.25) is 0 Å². The van der Waals surface area contributed by atoms with Crippen LogP contribution in [0.15, 0.2) is 48.5 Å². The van der Waals surface area contributed by atoms with Crippen molar-refractivity contribution in [1.82, 2.24) is 5.32 Å². The number of amides is 3. The summed E-state index contributed by atoms with van der Waals surface area (Å²) in [5.41, 5.74) is 1.35. The molecule has 116 valence electrons. The van der Waals surface area contributed by atoms with Crippen LogP contribution in [0.4, 0.5) is 5.69 Å². The first kappa shape index (κ1) is 15.0. The fraction of sp³-hybridized carbons (Fsp3) is 0.167. The normalized spacial score (nSPS) is 13.2. The third kappa shape index (κ3) is 2.50. The highest BCUT2D eigenvalue weighted by molar-refractivity contribution is 6.35. The number of imide groups is 1. The van der Waals surface area contributed by atoms with Gasteiger partial charge in [-0.1, -0.05) is 31.2 Å². The molecule has 0 aromatic heterocycles. The first-order valence-corrected chi connectivity index (χ1v) is 7.50. The maximum Gasteiger partial charge on any atom is 0.266 e. The third-order valence-electron chi connectivity index (χ3n) is 3.72. The van der Waals surface area contributed by atoms with E-state index in [-0.39, 0.29) is 5.91 Å². The van der Waals surface area contributed by atoms with E-state index in [1.54, 1.807) is 48.5 Å². The van der Waals surface area contributed by atoms with E-state index in [4.69, 9.17) is 0 Å². The highest BCUT2D eigenvalue weighted by atomic mass is 16.2. The Kier molecular flexibility index (Phi) is 3.93. The summed E-state index contributed by atoms with van der Waals surface area (Å²) in [4.78, 5) is 38.5. The van der Waals surface area contributed by atoms with Gasteiger partial charge in [0.15, 0.2) is 0 Å². The minimum Gasteiger partial charge on any atom is -0.352 e. The second-order valence-electron chi connectivity index (χ2n) is 5.26. The molecule has 1 aliphatic rings. The molecule has 3 rings (SSSR count). The van der Waals surface area contributed by atoms with Crippen LogP contribution in [0.5, 0.6) is 0 Å². The van der Waals surface area contributed by atoms with Crippen LogP contribution in [0.2, 0.25) is 0 Å². The fourth-order valence-electron chi connectivity index (χ4n) is 2.60. The smallest absolute Gasteiger partial charge is 0.266 e. The predicted molar refractivity (Wildman–Crippen MR) is 86.6 cm³/mol. The maximum atomic E-state index is 12.6. The minimum absolute atomic E-state index is 0.293. The zero-order valence-electron chi connectivity index (χ0n) is 12.7. The standard InChI is InChI=1S/C18H16N2O3/c1-2-11-19-16(21)14-9-5-6-10-15(14)20-17(22)12-7-3-4-8-13(12)18(20)23/h3-10H,2,11H2,1H3,(H,19,21). The van der Waals surface area contributed by atoms with Crippen LogP contribution in [0.25, 0.3) is 0 Å². The Balaban J connectivity index is 2.02. The Morgan fingerprint density at radius 1 is 0.957 bits per heavy atom. The van der Waals surface area contributed by atoms with Crippen molar-refractivity contribution in [3.8, 4) is 0 Å². The van der Waals surface area contributed by atoms with Crippen LogP contribution < -0.4 is 10.2 Å². The van der Waals surface area contributed by atoms with Crippen LogP contribution in [-0.4, -0.2) is 24.3 Å². The van der Waals surface area contributed by atoms with Gasteiger partial charge in [0, 0.05) is 6.54 Å². The quantitative estimate of drug-likeness (QED) is 0.883. The van der Waals surface area contributed by atoms with Crippen LogP contribution in [0, 0.1) is 0 Å². The second kappa shape index (κ2) is 6.04. The zero-order chi connectivity index (χ0) is 16.4. The predicted octanol–water partition coefficient (Wildman–Crippen LogP) is 2.63. The Morgan fingerprint density at radius 2 is 1.52 bits per heavy atom. The molecule has 5 nitrogen and oxygen atoms in total. The number of para-hydroxylation sites is 1. The van der Waals surface area contributed by atoms with Gasteiger partial charge in [-0.25, -0.2) is 4.90 Å². The minimum atomic E-state index is -0.402. The van der Waals surface area contributed by atoms with Gasteiger partial charge < -0.3 is 5.32 Å². The monoisotopic (exact) mass is 308 g/mol. The maximum absolute atomic E-state index is 12.6. The van der Waals surface area contributed by atoms with E-state index in [2.05, 4.69) is 5.32 Å². The molecular weight excluding hydrogens is 292 g/mol. The summed E-state index contributed by atoms with van der Waals surface area (Å²) in [6.45, 7) is 2.49. The van der Waals surface area contributed by atoms with Crippen LogP contribution in [0.1, 0.15) is 44.4 Å². The van der Waals surface area contributed by atoms with Crippen LogP contribution in [0.3, 0.4) is 0 Å². The van der Waals surface area contributed by atoms with Crippen molar-refractivity contribution in [3.05, 3.63) is 65.2 Å². The third-order valence-corrected chi connectivity index (χ3v) is 3.72. The van der Waals surface area contributed by atoms with Gasteiger partial charge in [0.1, 0.15) is 0 Å². The molecule has 0 radical (unpaired) electrons. The number of carbonyl (C=O) groups excluding carboxylic acids is 3. The van der Waals surface area contributed by atoms with E-state index in [1.807, 2.05) is 6.92 Å². The van der Waals surface area contributed by atoms with E-state index in [1.165, 1.54) is 0 Å². The van der Waals surface area contributed by atoms with Crippen LogP contribution in [-0.2, 0) is 0 Å². The summed E-state index contributed by atoms with van der Waals surface area (Å²) in [7, 11) is 0. The summed E-state index contributed by atoms with van der Waals surface area (Å²) < 4.78 is 0. The van der Waals surface area contributed by atoms with Gasteiger partial charge in [0.05, 0.1) is 22.4 Å². The van der Waals surface area contributed by atoms with Crippen LogP contribution >= 0.6 is 0 Å². The molecule has 0 aliphatic carbocycles. The average Bonchev–Trinajstić information content (AvgIpc) is 2.84. The molecule has 2 aromatic rings. The molecule has 0 saturated carbocycles. The van der Waals surface area contributed by atoms with Crippen molar-refractivity contribution in [1.29, 1.82) is 0 Å². The van der Waals surface area contributed by atoms with Crippen molar-refractivity contribution in [3.63, 3.8) is 0 Å². The van der Waals surface area contributed by atoms with Crippen molar-refractivity contribution in [2.45, 2.75) is 13.3 Å². The number of anilines is 1. The topological polar surface area (TPSA) is 66.5 Å². The summed E-state index contributed by atoms with van der Waals surface area (Å²) in [6.07, 6.45) is 0.806. The first-order chi connectivity index (χ1) is 11.1. The first-order valence-electron chi connectivity index (χ1n) is 7.50. The van der Waals surface area contributed by atoms with Gasteiger partial charge in [-0.2, -0.15) is 0 Å². The largest absolute Gasteiger partial charge is 0.352 e. The number of hydrogen-bond acceptors (Lipinski definition) is 3. The summed E-state index contributed by atoms with van der Waals surface area (Å²) >= 11 is 0. The molecule has 1 N–H and O–H groups in total. The van der Waals surface area contributed by atoms with E-state index >= 15 is 0 Å². The molecular formula is C18H16N2O3. The fourth-order valence-corrected chi connectivity index (χ4v) is 2.60. The highest BCUT2D eigenvalue weighted by Crippen LogP contribution is 2.30. The molecule has 5 heteroatoms. The summed E-state index contributed by atoms with van der Waals surface area (Å²) in [5, 5.41) is 2.78. The lowest BCUT2D eigenvalue weighted by atomic mass is 10.1. The number of rotatable bonds is 4. The van der Waals surface area contributed by atoms with Gasteiger partial charge in [-0.15, -0.1) is 0 Å². The molecule has 0 saturated heterocycles. The molecule has 0 bridgehead atoms. The number of hydrogen-bond donors (Lipinski definition) is 1. The Hall–Kier alpha value is -2.95. The second-order valence-corrected chi connectivity index (χ2v) is 5.26. The molecule has 2 aromatic carbocycles. The average molecular weight is 308 g/mol. The lowest BCUT2D eigenvalue weighted by molar-refractivity contribution is 0.0926. The summed E-state index contributed by atoms with van der Waals surface area (Å²) in [6, 6.07) is 13.3.